The van der Waals surface area contributed by atoms with Crippen LogP contribution >= 0.6 is 0 Å². The maximum absolute atomic E-state index is 10.3. The van der Waals surface area contributed by atoms with Gasteiger partial charge in [-0.3, -0.25) is 9.59 Å². The quantitative estimate of drug-likeness (QED) is 0.0789. The van der Waals surface area contributed by atoms with Gasteiger partial charge >= 0.3 is 11.9 Å². The molecule has 316 valence electrons. The summed E-state index contributed by atoms with van der Waals surface area (Å²) in [6.07, 6.45) is -0.0164. The Kier molecular flexibility index (Phi) is 45.0. The van der Waals surface area contributed by atoms with Crippen molar-refractivity contribution in [3.63, 3.8) is 0 Å². The van der Waals surface area contributed by atoms with E-state index in [1.54, 1.807) is 0 Å². The Morgan fingerprint density at radius 2 is 0.302 bits per heavy atom. The Hall–Kier alpha value is -1.66. The van der Waals surface area contributed by atoms with E-state index in [2.05, 4.69) is 0 Å². The van der Waals surface area contributed by atoms with Crippen molar-refractivity contribution in [1.29, 1.82) is 0 Å². The molecular formula is C34H66O19. The maximum Gasteiger partial charge on any atom is 0.305 e. The van der Waals surface area contributed by atoms with Crippen molar-refractivity contribution in [2.45, 2.75) is 12.8 Å². The van der Waals surface area contributed by atoms with Crippen LogP contribution in [0.1, 0.15) is 12.8 Å². The van der Waals surface area contributed by atoms with Gasteiger partial charge in [-0.2, -0.15) is 0 Å². The van der Waals surface area contributed by atoms with Crippen LogP contribution in [0.15, 0.2) is 0 Å². The summed E-state index contributed by atoms with van der Waals surface area (Å²) in [6, 6.07) is 0. The molecular weight excluding hydrogens is 712 g/mol. The predicted octanol–water partition coefficient (Wildman–Crippen LogP) is 0.185. The largest absolute Gasteiger partial charge is 0.481 e. The molecule has 0 radical (unpaired) electrons. The summed E-state index contributed by atoms with van der Waals surface area (Å²) in [7, 11) is 0. The van der Waals surface area contributed by atoms with Crippen molar-refractivity contribution in [2.75, 3.05) is 198 Å². The smallest absolute Gasteiger partial charge is 0.305 e. The van der Waals surface area contributed by atoms with Gasteiger partial charge in [0.25, 0.3) is 0 Å². The van der Waals surface area contributed by atoms with Crippen molar-refractivity contribution in [1.82, 2.24) is 0 Å². The highest BCUT2D eigenvalue weighted by Crippen LogP contribution is 1.89. The van der Waals surface area contributed by atoms with Gasteiger partial charge in [0.05, 0.1) is 211 Å². The first-order valence-corrected chi connectivity index (χ1v) is 18.2. The summed E-state index contributed by atoms with van der Waals surface area (Å²) in [4.78, 5) is 20.7. The number of aliphatic carboxylic acids is 2. The molecule has 0 saturated heterocycles. The van der Waals surface area contributed by atoms with Gasteiger partial charge in [0.1, 0.15) is 0 Å². The molecule has 0 amide bonds. The molecule has 0 bridgehead atoms. The number of carboxylic acids is 2. The molecule has 0 aliphatic carbocycles. The van der Waals surface area contributed by atoms with Gasteiger partial charge in [-0.05, 0) is 0 Å². The van der Waals surface area contributed by atoms with Gasteiger partial charge in [0.15, 0.2) is 0 Å². The van der Waals surface area contributed by atoms with E-state index in [1.807, 2.05) is 0 Å². The number of carbonyl (C=O) groups is 2. The third-order valence-electron chi connectivity index (χ3n) is 6.13. The van der Waals surface area contributed by atoms with E-state index in [-0.39, 0.29) is 26.1 Å². The minimum Gasteiger partial charge on any atom is -0.481 e. The summed E-state index contributed by atoms with van der Waals surface area (Å²) < 4.78 is 80.8. The fourth-order valence-corrected chi connectivity index (χ4v) is 3.50. The topological polar surface area (TPSA) is 213 Å². The monoisotopic (exact) mass is 778 g/mol. The molecule has 19 heteroatoms. The first kappa shape index (κ1) is 51.3. The van der Waals surface area contributed by atoms with E-state index in [0.717, 1.165) is 0 Å². The molecule has 0 unspecified atom stereocenters. The molecule has 19 nitrogen and oxygen atoms in total. The Labute approximate surface area is 313 Å². The lowest BCUT2D eigenvalue weighted by molar-refractivity contribution is -0.139. The minimum absolute atomic E-state index is 0.00822. The van der Waals surface area contributed by atoms with Crippen LogP contribution in [0.3, 0.4) is 0 Å². The van der Waals surface area contributed by atoms with E-state index < -0.39 is 11.9 Å². The lowest BCUT2D eigenvalue weighted by atomic mass is 10.5. The average molecular weight is 779 g/mol. The molecule has 53 heavy (non-hydrogen) atoms. The standard InChI is InChI=1S/C34H66O19/c35-33(36)1-3-39-5-7-41-9-11-43-13-15-45-17-19-47-21-23-49-25-27-51-29-31-53-32-30-52-28-26-50-24-22-48-20-18-46-16-14-44-12-10-42-8-6-40-4-2-34(37)38/h1-32H2,(H,35,36)(H,37,38). The Bertz CT molecular complexity index is 678. The average Bonchev–Trinajstić information content (AvgIpc) is 3.14. The fraction of sp³-hybridized carbons (Fsp3) is 0.941. The van der Waals surface area contributed by atoms with Crippen LogP contribution in [0.2, 0.25) is 0 Å². The number of hydrogen-bond donors (Lipinski definition) is 2. The fourth-order valence-electron chi connectivity index (χ4n) is 3.50. The number of rotatable bonds is 48. The Balaban J connectivity index is 3.06. The second kappa shape index (κ2) is 46.5. The van der Waals surface area contributed by atoms with E-state index in [4.69, 9.17) is 81.3 Å². The lowest BCUT2D eigenvalue weighted by Gasteiger charge is -2.09. The molecule has 0 heterocycles. The minimum atomic E-state index is -0.879. The molecule has 0 aromatic rings. The molecule has 0 aliphatic rings. The van der Waals surface area contributed by atoms with Crippen LogP contribution in [0.5, 0.6) is 0 Å². The number of carboxylic acid groups (broad SMARTS) is 2. The van der Waals surface area contributed by atoms with Crippen molar-refractivity contribution in [3.05, 3.63) is 0 Å². The molecule has 0 aromatic carbocycles. The first-order valence-electron chi connectivity index (χ1n) is 18.2. The maximum atomic E-state index is 10.3. The summed E-state index contributed by atoms with van der Waals surface area (Å²) in [5.41, 5.74) is 0. The predicted molar refractivity (Wildman–Crippen MR) is 187 cm³/mol. The normalized spacial score (nSPS) is 11.5. The molecule has 2 N–H and O–H groups in total. The SMILES string of the molecule is O=C(O)CCOCCOCCOCCOCCOCCOCCOCCOCCOCCOCCOCCOCCOCCOCCOCCC(=O)O. The highest BCUT2D eigenvalue weighted by molar-refractivity contribution is 5.67. The molecule has 0 aromatic heterocycles. The molecule has 0 rings (SSSR count). The van der Waals surface area contributed by atoms with Gasteiger partial charge in [-0.25, -0.2) is 0 Å². The van der Waals surface area contributed by atoms with Crippen molar-refractivity contribution in [3.8, 4) is 0 Å². The van der Waals surface area contributed by atoms with E-state index in [9.17, 15) is 9.59 Å². The molecule has 0 spiro atoms. The molecule has 0 fully saturated rings. The van der Waals surface area contributed by atoms with Crippen LogP contribution in [0, 0.1) is 0 Å². The van der Waals surface area contributed by atoms with Crippen molar-refractivity contribution >= 4 is 11.9 Å². The van der Waals surface area contributed by atoms with Crippen molar-refractivity contribution in [2.24, 2.45) is 0 Å². The number of ether oxygens (including phenoxy) is 15. The lowest BCUT2D eigenvalue weighted by Crippen LogP contribution is -2.16. The van der Waals surface area contributed by atoms with E-state index >= 15 is 0 Å². The third kappa shape index (κ3) is 50.3. The Morgan fingerprint density at radius 3 is 0.396 bits per heavy atom. The van der Waals surface area contributed by atoms with Crippen LogP contribution in [-0.4, -0.2) is 220 Å². The summed E-state index contributed by atoms with van der Waals surface area (Å²) in [5, 5.41) is 17.0. The number of hydrogen-bond acceptors (Lipinski definition) is 17. The highest BCUT2D eigenvalue weighted by Gasteiger charge is 1.99. The van der Waals surface area contributed by atoms with Crippen LogP contribution in [0.25, 0.3) is 0 Å². The Morgan fingerprint density at radius 1 is 0.208 bits per heavy atom. The first-order chi connectivity index (χ1) is 26.1. The zero-order valence-corrected chi connectivity index (χ0v) is 31.5. The molecule has 0 saturated carbocycles. The third-order valence-corrected chi connectivity index (χ3v) is 6.13. The van der Waals surface area contributed by atoms with Gasteiger partial charge in [-0.1, -0.05) is 0 Å². The van der Waals surface area contributed by atoms with Gasteiger partial charge in [0, 0.05) is 0 Å². The highest BCUT2D eigenvalue weighted by atomic mass is 16.6. The second-order valence-corrected chi connectivity index (χ2v) is 10.5. The van der Waals surface area contributed by atoms with Crippen molar-refractivity contribution < 1.29 is 90.9 Å². The van der Waals surface area contributed by atoms with Crippen LogP contribution in [0.4, 0.5) is 0 Å². The van der Waals surface area contributed by atoms with E-state index in [0.29, 0.717) is 185 Å². The van der Waals surface area contributed by atoms with Gasteiger partial charge < -0.3 is 81.3 Å². The van der Waals surface area contributed by atoms with E-state index in [1.165, 1.54) is 0 Å². The van der Waals surface area contributed by atoms with Gasteiger partial charge in [0.2, 0.25) is 0 Å². The zero-order valence-electron chi connectivity index (χ0n) is 31.5. The summed E-state index contributed by atoms with van der Waals surface area (Å²) in [6.45, 7) is 13.2. The molecule has 0 aliphatic heterocycles. The zero-order chi connectivity index (χ0) is 38.4. The van der Waals surface area contributed by atoms with Crippen LogP contribution < -0.4 is 0 Å². The summed E-state index contributed by atoms with van der Waals surface area (Å²) >= 11 is 0. The molecule has 0 atom stereocenters. The second-order valence-electron chi connectivity index (χ2n) is 10.5. The summed E-state index contributed by atoms with van der Waals surface area (Å²) in [5.74, 6) is -1.76. The van der Waals surface area contributed by atoms with Gasteiger partial charge in [-0.15, -0.1) is 0 Å². The van der Waals surface area contributed by atoms with Crippen LogP contribution in [-0.2, 0) is 80.6 Å².